The lowest BCUT2D eigenvalue weighted by Gasteiger charge is -2.16. The van der Waals surface area contributed by atoms with E-state index in [1.54, 1.807) is 14.2 Å². The van der Waals surface area contributed by atoms with Crippen molar-refractivity contribution in [2.24, 2.45) is 0 Å². The molecule has 0 radical (unpaired) electrons. The van der Waals surface area contributed by atoms with Crippen LogP contribution in [0.5, 0.6) is 11.5 Å². The molecular weight excluding hydrogens is 372 g/mol. The molecule has 2 amide bonds. The largest absolute Gasteiger partial charge is 0.497 e. The van der Waals surface area contributed by atoms with Gasteiger partial charge in [-0.1, -0.05) is 18.2 Å². The zero-order valence-corrected chi connectivity index (χ0v) is 15.5. The molecule has 2 rings (SSSR count). The smallest absolute Gasteiger partial charge is 0.315 e. The van der Waals surface area contributed by atoms with Crippen LogP contribution < -0.4 is 20.1 Å². The van der Waals surface area contributed by atoms with Gasteiger partial charge in [0, 0.05) is 6.54 Å². The summed E-state index contributed by atoms with van der Waals surface area (Å²) < 4.78 is 11.2. The highest BCUT2D eigenvalue weighted by Gasteiger charge is 2.11. The maximum atomic E-state index is 12.1. The van der Waals surface area contributed by atoms with Crippen LogP contribution in [0.15, 0.2) is 46.9 Å². The lowest BCUT2D eigenvalue weighted by Crippen LogP contribution is -2.36. The SMILES string of the molecule is COc1cccc(CNC(=O)NC(C)c2ccc(OC)c(Br)c2)c1. The first-order valence-corrected chi connectivity index (χ1v) is 8.33. The molecular formula is C18H21BrN2O3. The number of urea groups is 1. The van der Waals surface area contributed by atoms with Gasteiger partial charge in [-0.25, -0.2) is 4.79 Å². The number of nitrogens with one attached hydrogen (secondary N) is 2. The Kier molecular flexibility index (Phi) is 6.49. The van der Waals surface area contributed by atoms with E-state index in [1.807, 2.05) is 49.4 Å². The van der Waals surface area contributed by atoms with Gasteiger partial charge >= 0.3 is 6.03 Å². The number of methoxy groups -OCH3 is 2. The fraction of sp³-hybridized carbons (Fsp3) is 0.278. The highest BCUT2D eigenvalue weighted by atomic mass is 79.9. The predicted octanol–water partition coefficient (Wildman–Crippen LogP) is 4.03. The monoisotopic (exact) mass is 392 g/mol. The third-order valence-corrected chi connectivity index (χ3v) is 4.23. The number of rotatable bonds is 6. The van der Waals surface area contributed by atoms with Gasteiger partial charge in [0.25, 0.3) is 0 Å². The van der Waals surface area contributed by atoms with E-state index in [1.165, 1.54) is 0 Å². The number of hydrogen-bond donors (Lipinski definition) is 2. The lowest BCUT2D eigenvalue weighted by atomic mass is 10.1. The molecule has 1 unspecified atom stereocenters. The zero-order valence-electron chi connectivity index (χ0n) is 13.9. The van der Waals surface area contributed by atoms with Crippen molar-refractivity contribution >= 4 is 22.0 Å². The number of ether oxygens (including phenoxy) is 2. The minimum Gasteiger partial charge on any atom is -0.497 e. The molecule has 0 aromatic heterocycles. The van der Waals surface area contributed by atoms with Crippen LogP contribution in [-0.4, -0.2) is 20.3 Å². The third kappa shape index (κ3) is 4.89. The Bertz CT molecular complexity index is 706. The van der Waals surface area contributed by atoms with E-state index in [0.717, 1.165) is 27.1 Å². The van der Waals surface area contributed by atoms with Crippen molar-refractivity contribution in [3.8, 4) is 11.5 Å². The molecule has 0 bridgehead atoms. The summed E-state index contributed by atoms with van der Waals surface area (Å²) in [7, 11) is 3.24. The van der Waals surface area contributed by atoms with Gasteiger partial charge in [0.05, 0.1) is 24.7 Å². The number of carbonyl (C=O) groups excluding carboxylic acids is 1. The molecule has 0 heterocycles. The zero-order chi connectivity index (χ0) is 17.5. The molecule has 0 saturated heterocycles. The van der Waals surface area contributed by atoms with Crippen molar-refractivity contribution in [3.63, 3.8) is 0 Å². The van der Waals surface area contributed by atoms with Crippen LogP contribution in [0, 0.1) is 0 Å². The van der Waals surface area contributed by atoms with E-state index in [-0.39, 0.29) is 12.1 Å². The van der Waals surface area contributed by atoms with E-state index >= 15 is 0 Å². The lowest BCUT2D eigenvalue weighted by molar-refractivity contribution is 0.237. The van der Waals surface area contributed by atoms with Crippen LogP contribution in [0.3, 0.4) is 0 Å². The van der Waals surface area contributed by atoms with E-state index < -0.39 is 0 Å². The minimum absolute atomic E-state index is 0.127. The van der Waals surface area contributed by atoms with Gasteiger partial charge in [-0.05, 0) is 58.2 Å². The van der Waals surface area contributed by atoms with Crippen molar-refractivity contribution in [1.82, 2.24) is 10.6 Å². The summed E-state index contributed by atoms with van der Waals surface area (Å²) in [6.07, 6.45) is 0. The Morgan fingerprint density at radius 2 is 1.96 bits per heavy atom. The molecule has 2 N–H and O–H groups in total. The summed E-state index contributed by atoms with van der Waals surface area (Å²) >= 11 is 3.45. The summed E-state index contributed by atoms with van der Waals surface area (Å²) in [6.45, 7) is 2.36. The molecule has 1 atom stereocenters. The Hall–Kier alpha value is -2.21. The maximum Gasteiger partial charge on any atom is 0.315 e. The minimum atomic E-state index is -0.225. The second kappa shape index (κ2) is 8.59. The molecule has 5 nitrogen and oxygen atoms in total. The summed E-state index contributed by atoms with van der Waals surface area (Å²) in [5.41, 5.74) is 1.96. The first-order chi connectivity index (χ1) is 11.5. The number of carbonyl (C=O) groups is 1. The first-order valence-electron chi connectivity index (χ1n) is 7.54. The van der Waals surface area contributed by atoms with E-state index in [0.29, 0.717) is 6.54 Å². The topological polar surface area (TPSA) is 59.6 Å². The summed E-state index contributed by atoms with van der Waals surface area (Å²) in [6, 6.07) is 13.0. The summed E-state index contributed by atoms with van der Waals surface area (Å²) in [5, 5.41) is 5.76. The number of hydrogen-bond acceptors (Lipinski definition) is 3. The normalized spacial score (nSPS) is 11.5. The van der Waals surface area contributed by atoms with E-state index in [4.69, 9.17) is 9.47 Å². The quantitative estimate of drug-likeness (QED) is 0.779. The molecule has 6 heteroatoms. The van der Waals surface area contributed by atoms with Gasteiger partial charge in [0.1, 0.15) is 11.5 Å². The fourth-order valence-electron chi connectivity index (χ4n) is 2.25. The average Bonchev–Trinajstić information content (AvgIpc) is 2.60. The molecule has 128 valence electrons. The van der Waals surface area contributed by atoms with Crippen molar-refractivity contribution in [2.75, 3.05) is 14.2 Å². The standard InChI is InChI=1S/C18H21BrN2O3/c1-12(14-7-8-17(24-3)16(19)10-14)21-18(22)20-11-13-5-4-6-15(9-13)23-2/h4-10,12H,11H2,1-3H3,(H2,20,21,22). The Morgan fingerprint density at radius 3 is 2.62 bits per heavy atom. The van der Waals surface area contributed by atoms with Crippen LogP contribution >= 0.6 is 15.9 Å². The van der Waals surface area contributed by atoms with Crippen molar-refractivity contribution in [1.29, 1.82) is 0 Å². The first kappa shape index (κ1) is 18.1. The molecule has 0 saturated carbocycles. The molecule has 0 aliphatic rings. The van der Waals surface area contributed by atoms with Gasteiger partial charge in [0.2, 0.25) is 0 Å². The van der Waals surface area contributed by atoms with Crippen LogP contribution in [0.2, 0.25) is 0 Å². The Morgan fingerprint density at radius 1 is 1.17 bits per heavy atom. The average molecular weight is 393 g/mol. The highest BCUT2D eigenvalue weighted by Crippen LogP contribution is 2.27. The van der Waals surface area contributed by atoms with Gasteiger partial charge in [-0.2, -0.15) is 0 Å². The van der Waals surface area contributed by atoms with Crippen molar-refractivity contribution in [2.45, 2.75) is 19.5 Å². The van der Waals surface area contributed by atoms with Gasteiger partial charge in [-0.15, -0.1) is 0 Å². The van der Waals surface area contributed by atoms with Crippen LogP contribution in [0.1, 0.15) is 24.1 Å². The van der Waals surface area contributed by atoms with Crippen LogP contribution in [-0.2, 0) is 6.54 Å². The van der Waals surface area contributed by atoms with Crippen LogP contribution in [0.25, 0.3) is 0 Å². The molecule has 0 aliphatic carbocycles. The molecule has 0 aliphatic heterocycles. The van der Waals surface area contributed by atoms with Crippen molar-refractivity contribution < 1.29 is 14.3 Å². The van der Waals surface area contributed by atoms with Crippen LogP contribution in [0.4, 0.5) is 4.79 Å². The third-order valence-electron chi connectivity index (χ3n) is 3.61. The molecule has 2 aromatic rings. The second-order valence-corrected chi connectivity index (χ2v) is 6.15. The summed E-state index contributed by atoms with van der Waals surface area (Å²) in [4.78, 5) is 12.1. The maximum absolute atomic E-state index is 12.1. The fourth-order valence-corrected chi connectivity index (χ4v) is 2.81. The molecule has 0 spiro atoms. The summed E-state index contributed by atoms with van der Waals surface area (Å²) in [5.74, 6) is 1.53. The second-order valence-electron chi connectivity index (χ2n) is 5.29. The van der Waals surface area contributed by atoms with Gasteiger partial charge in [-0.3, -0.25) is 0 Å². The Balaban J connectivity index is 1.90. The number of amides is 2. The molecule has 2 aromatic carbocycles. The van der Waals surface area contributed by atoms with Crippen molar-refractivity contribution in [3.05, 3.63) is 58.1 Å². The van der Waals surface area contributed by atoms with E-state index in [2.05, 4.69) is 26.6 Å². The highest BCUT2D eigenvalue weighted by molar-refractivity contribution is 9.10. The number of benzene rings is 2. The molecule has 24 heavy (non-hydrogen) atoms. The number of halogens is 1. The molecule has 0 fully saturated rings. The van der Waals surface area contributed by atoms with Gasteiger partial charge in [0.15, 0.2) is 0 Å². The van der Waals surface area contributed by atoms with Gasteiger partial charge < -0.3 is 20.1 Å². The van der Waals surface area contributed by atoms with E-state index in [9.17, 15) is 4.79 Å². The predicted molar refractivity (Wildman–Crippen MR) is 97.5 cm³/mol. The Labute approximate surface area is 150 Å².